The van der Waals surface area contributed by atoms with Gasteiger partial charge in [-0.25, -0.2) is 4.39 Å². The van der Waals surface area contributed by atoms with Gasteiger partial charge in [0.05, 0.1) is 17.9 Å². The molecule has 0 aromatic carbocycles. The molecule has 0 heterocycles. The first kappa shape index (κ1) is 20.9. The molecule has 4 rings (SSSR count). The van der Waals surface area contributed by atoms with Crippen LogP contribution in [0.1, 0.15) is 39.0 Å². The van der Waals surface area contributed by atoms with Crippen LogP contribution >= 0.6 is 0 Å². The van der Waals surface area contributed by atoms with Gasteiger partial charge in [-0.05, 0) is 56.3 Å². The Bertz CT molecular complexity index is 911. The highest BCUT2D eigenvalue weighted by atomic mass is 19.1. The summed E-state index contributed by atoms with van der Waals surface area (Å²) >= 11 is 0. The Hall–Kier alpha value is -2.32. The van der Waals surface area contributed by atoms with E-state index in [2.05, 4.69) is 5.16 Å². The van der Waals surface area contributed by atoms with Crippen LogP contribution in [0, 0.1) is 22.7 Å². The van der Waals surface area contributed by atoms with E-state index in [0.717, 1.165) is 6.21 Å². The first-order valence-corrected chi connectivity index (χ1v) is 10.2. The number of aliphatic hydroxyl groups is 2. The number of carbonyl (C=O) groups excluding carboxylic acids is 1. The fourth-order valence-electron chi connectivity index (χ4n) is 6.54. The van der Waals surface area contributed by atoms with E-state index in [9.17, 15) is 25.0 Å². The van der Waals surface area contributed by atoms with E-state index in [1.807, 2.05) is 0 Å². The summed E-state index contributed by atoms with van der Waals surface area (Å²) in [6.45, 7) is 1.65. The van der Waals surface area contributed by atoms with Crippen LogP contribution in [0.4, 0.5) is 4.39 Å². The van der Waals surface area contributed by atoms with Crippen LogP contribution in [0.3, 0.4) is 0 Å². The van der Waals surface area contributed by atoms with E-state index in [-0.39, 0.29) is 31.5 Å². The molecule has 7 atom stereocenters. The summed E-state index contributed by atoms with van der Waals surface area (Å²) in [5, 5.41) is 44.2. The van der Waals surface area contributed by atoms with Crippen molar-refractivity contribution in [2.75, 3.05) is 0 Å². The van der Waals surface area contributed by atoms with Crippen LogP contribution in [0.15, 0.2) is 41.1 Å². The molecular weight excluding hydrogens is 393 g/mol. The number of nitrogens with zero attached hydrogens (tertiary/aromatic N) is 1. The number of carboxylic acid groups (broad SMARTS) is 1. The topological polar surface area (TPSA) is 127 Å². The van der Waals surface area contributed by atoms with Gasteiger partial charge in [0, 0.05) is 23.2 Å². The maximum absolute atomic E-state index is 16.9. The molecule has 7 nitrogen and oxygen atoms in total. The standard InChI is InChI=1S/C22H26FNO6/c1-19-7-4-14(25)10-13(19)2-3-16-15-5-8-21(29,9-6-18(27)28)20(15,12-24-30)11-17(26)22(16,19)23/h2-4,7,10,12,15-17,26,29-30H,5-6,8-9,11H2,1H3,(H,27,28)/t15-,16-,17?,19-,20+,21-,22-/m0/s1. The van der Waals surface area contributed by atoms with Gasteiger partial charge >= 0.3 is 5.97 Å². The molecular formula is C22H26FNO6. The lowest BCUT2D eigenvalue weighted by Gasteiger charge is -2.60. The summed E-state index contributed by atoms with van der Waals surface area (Å²) in [5.41, 5.74) is -5.71. The molecule has 0 spiro atoms. The number of carboxylic acids is 1. The Balaban J connectivity index is 1.84. The van der Waals surface area contributed by atoms with Crippen molar-refractivity contribution < 1.29 is 34.5 Å². The highest BCUT2D eigenvalue weighted by Crippen LogP contribution is 2.68. The van der Waals surface area contributed by atoms with Crippen molar-refractivity contribution in [1.29, 1.82) is 0 Å². The van der Waals surface area contributed by atoms with Gasteiger partial charge in [0.25, 0.3) is 0 Å². The van der Waals surface area contributed by atoms with Gasteiger partial charge in [0.15, 0.2) is 11.5 Å². The summed E-state index contributed by atoms with van der Waals surface area (Å²) in [6, 6.07) is 0. The Morgan fingerprint density at radius 3 is 2.80 bits per heavy atom. The second-order valence-electron chi connectivity index (χ2n) is 9.27. The minimum Gasteiger partial charge on any atom is -0.481 e. The zero-order chi connectivity index (χ0) is 21.9. The molecule has 4 N–H and O–H groups in total. The van der Waals surface area contributed by atoms with Crippen LogP contribution in [-0.2, 0) is 9.59 Å². The molecule has 0 radical (unpaired) electrons. The lowest BCUT2D eigenvalue weighted by molar-refractivity contribution is -0.184. The predicted molar refractivity (Wildman–Crippen MR) is 105 cm³/mol. The van der Waals surface area contributed by atoms with E-state index >= 15 is 4.39 Å². The SMILES string of the molecule is C[C@]12C=CC(=O)C=C1C=C[C@H]1[C@@H]3CC[C@](O)(CCC(=O)O)[C@@]3(C=NO)CC(O)[C@@]12F. The molecule has 30 heavy (non-hydrogen) atoms. The molecule has 0 bridgehead atoms. The summed E-state index contributed by atoms with van der Waals surface area (Å²) < 4.78 is 16.9. The van der Waals surface area contributed by atoms with Crippen LogP contribution in [-0.4, -0.2) is 55.9 Å². The van der Waals surface area contributed by atoms with Crippen molar-refractivity contribution in [2.45, 2.75) is 56.4 Å². The van der Waals surface area contributed by atoms with Gasteiger partial charge in [-0.15, -0.1) is 5.16 Å². The normalized spacial score (nSPS) is 47.0. The van der Waals surface area contributed by atoms with Gasteiger partial charge in [0.2, 0.25) is 0 Å². The second-order valence-corrected chi connectivity index (χ2v) is 9.27. The van der Waals surface area contributed by atoms with E-state index in [4.69, 9.17) is 5.11 Å². The largest absolute Gasteiger partial charge is 0.481 e. The van der Waals surface area contributed by atoms with Crippen molar-refractivity contribution >= 4 is 18.0 Å². The molecule has 0 aliphatic heterocycles. The van der Waals surface area contributed by atoms with Crippen LogP contribution in [0.5, 0.6) is 0 Å². The van der Waals surface area contributed by atoms with Crippen molar-refractivity contribution in [3.8, 4) is 0 Å². The van der Waals surface area contributed by atoms with Gasteiger partial charge in [0.1, 0.15) is 0 Å². The van der Waals surface area contributed by atoms with Crippen molar-refractivity contribution in [3.05, 3.63) is 36.0 Å². The molecule has 8 heteroatoms. The molecule has 0 aromatic heterocycles. The maximum Gasteiger partial charge on any atom is 0.303 e. The zero-order valence-corrected chi connectivity index (χ0v) is 16.7. The average molecular weight is 419 g/mol. The molecule has 0 aromatic rings. The number of rotatable bonds is 4. The van der Waals surface area contributed by atoms with Crippen molar-refractivity contribution in [1.82, 2.24) is 0 Å². The average Bonchev–Trinajstić information content (AvgIpc) is 2.95. The number of hydrogen-bond donors (Lipinski definition) is 4. The lowest BCUT2D eigenvalue weighted by Crippen LogP contribution is -2.68. The Morgan fingerprint density at radius 1 is 1.40 bits per heavy atom. The predicted octanol–water partition coefficient (Wildman–Crippen LogP) is 2.17. The van der Waals surface area contributed by atoms with Crippen molar-refractivity contribution in [3.63, 3.8) is 0 Å². The number of allylic oxidation sites excluding steroid dienone is 6. The molecule has 0 saturated heterocycles. The summed E-state index contributed by atoms with van der Waals surface area (Å²) in [4.78, 5) is 23.0. The van der Waals surface area contributed by atoms with Crippen LogP contribution < -0.4 is 0 Å². The van der Waals surface area contributed by atoms with Gasteiger partial charge < -0.3 is 20.5 Å². The summed E-state index contributed by atoms with van der Waals surface area (Å²) in [7, 11) is 0. The number of ketones is 1. The monoisotopic (exact) mass is 419 g/mol. The summed E-state index contributed by atoms with van der Waals surface area (Å²) in [6.07, 6.45) is 7.11. The van der Waals surface area contributed by atoms with Crippen LogP contribution in [0.2, 0.25) is 0 Å². The van der Waals surface area contributed by atoms with E-state index < -0.39 is 46.0 Å². The maximum atomic E-state index is 16.9. The Kier molecular flexibility index (Phi) is 4.60. The molecule has 2 saturated carbocycles. The minimum atomic E-state index is -2.14. The number of oxime groups is 1. The number of fused-ring (bicyclic) bond motifs is 5. The third-order valence-electron chi connectivity index (χ3n) is 8.13. The number of alkyl halides is 1. The third-order valence-corrected chi connectivity index (χ3v) is 8.13. The number of aliphatic hydroxyl groups excluding tert-OH is 1. The number of halogens is 1. The zero-order valence-electron chi connectivity index (χ0n) is 16.7. The molecule has 162 valence electrons. The van der Waals surface area contributed by atoms with Gasteiger partial charge in [-0.2, -0.15) is 0 Å². The minimum absolute atomic E-state index is 0.0931. The number of carbonyl (C=O) groups is 2. The molecule has 0 amide bonds. The van der Waals surface area contributed by atoms with Gasteiger partial charge in [-0.3, -0.25) is 9.59 Å². The molecule has 2 fully saturated rings. The second kappa shape index (κ2) is 6.59. The lowest BCUT2D eigenvalue weighted by atomic mass is 9.46. The fraction of sp³-hybridized carbons (Fsp3) is 0.591. The number of aliphatic carboxylic acids is 1. The van der Waals surface area contributed by atoms with E-state index in [1.165, 1.54) is 18.2 Å². The quantitative estimate of drug-likeness (QED) is 0.314. The first-order valence-electron chi connectivity index (χ1n) is 10.2. The van der Waals surface area contributed by atoms with Gasteiger partial charge in [-0.1, -0.05) is 18.2 Å². The molecule has 4 aliphatic carbocycles. The van der Waals surface area contributed by atoms with Crippen LogP contribution in [0.25, 0.3) is 0 Å². The Morgan fingerprint density at radius 2 is 2.13 bits per heavy atom. The Labute approximate surface area is 173 Å². The van der Waals surface area contributed by atoms with E-state index in [0.29, 0.717) is 12.0 Å². The number of hydrogen-bond acceptors (Lipinski definition) is 6. The fourth-order valence-corrected chi connectivity index (χ4v) is 6.54. The highest BCUT2D eigenvalue weighted by molar-refractivity contribution is 6.01. The third kappa shape index (κ3) is 2.46. The van der Waals surface area contributed by atoms with E-state index in [1.54, 1.807) is 19.1 Å². The smallest absolute Gasteiger partial charge is 0.303 e. The highest BCUT2D eigenvalue weighted by Gasteiger charge is 2.73. The first-order chi connectivity index (χ1) is 14.0. The van der Waals surface area contributed by atoms with Crippen molar-refractivity contribution in [2.24, 2.45) is 27.8 Å². The molecule has 4 aliphatic rings. The summed E-state index contributed by atoms with van der Waals surface area (Å²) in [5.74, 6) is -2.65. The molecule has 1 unspecified atom stereocenters.